The molecule has 1 aromatic rings. The Bertz CT molecular complexity index is 429. The Hall–Kier alpha value is -0.670. The maximum absolute atomic E-state index is 5.95. The Morgan fingerprint density at radius 2 is 1.19 bits per heavy atom. The SMILES string of the molecule is c1ccc(CSCC2COCCOCCOCCOCCOCCO2)cc1. The lowest BCUT2D eigenvalue weighted by Crippen LogP contribution is -2.26. The van der Waals surface area contributed by atoms with Crippen molar-refractivity contribution in [2.45, 2.75) is 11.9 Å². The summed E-state index contributed by atoms with van der Waals surface area (Å²) in [4.78, 5) is 0. The maximum Gasteiger partial charge on any atom is 0.0899 e. The molecule has 1 aliphatic heterocycles. The maximum atomic E-state index is 5.95. The summed E-state index contributed by atoms with van der Waals surface area (Å²) in [6.45, 7) is 6.22. The molecule has 1 heterocycles. The first kappa shape index (κ1) is 22.6. The molecule has 6 nitrogen and oxygen atoms in total. The Morgan fingerprint density at radius 1 is 0.667 bits per heavy atom. The monoisotopic (exact) mass is 400 g/mol. The minimum atomic E-state index is 0.0424. The van der Waals surface area contributed by atoms with Gasteiger partial charge < -0.3 is 28.4 Å². The molecule has 1 saturated heterocycles. The second-order valence-electron chi connectivity index (χ2n) is 6.02. The number of rotatable bonds is 4. The lowest BCUT2D eigenvalue weighted by Gasteiger charge is -2.18. The molecule has 7 heteroatoms. The molecule has 0 amide bonds. The molecule has 154 valence electrons. The number of hydrogen-bond donors (Lipinski definition) is 0. The van der Waals surface area contributed by atoms with E-state index in [0.29, 0.717) is 72.7 Å². The van der Waals surface area contributed by atoms with Crippen molar-refractivity contribution >= 4 is 11.8 Å². The summed E-state index contributed by atoms with van der Waals surface area (Å²) in [6, 6.07) is 10.5. The highest BCUT2D eigenvalue weighted by molar-refractivity contribution is 7.98. The van der Waals surface area contributed by atoms with Crippen molar-refractivity contribution in [1.82, 2.24) is 0 Å². The minimum absolute atomic E-state index is 0.0424. The first-order chi connectivity index (χ1) is 13.4. The quantitative estimate of drug-likeness (QED) is 0.769. The molecule has 0 bridgehead atoms. The van der Waals surface area contributed by atoms with Gasteiger partial charge in [0.25, 0.3) is 0 Å². The normalized spacial score (nSPS) is 22.6. The van der Waals surface area contributed by atoms with Gasteiger partial charge in [-0.05, 0) is 5.56 Å². The molecule has 0 aromatic heterocycles. The zero-order chi connectivity index (χ0) is 18.8. The van der Waals surface area contributed by atoms with Crippen molar-refractivity contribution < 1.29 is 28.4 Å². The molecule has 0 spiro atoms. The molecule has 0 saturated carbocycles. The van der Waals surface area contributed by atoms with Gasteiger partial charge in [0, 0.05) is 11.5 Å². The van der Waals surface area contributed by atoms with Crippen LogP contribution in [0.15, 0.2) is 30.3 Å². The highest BCUT2D eigenvalue weighted by atomic mass is 32.2. The summed E-state index contributed by atoms with van der Waals surface area (Å²) < 4.78 is 33.6. The highest BCUT2D eigenvalue weighted by Crippen LogP contribution is 2.14. The zero-order valence-electron chi connectivity index (χ0n) is 16.0. The molecule has 0 aliphatic carbocycles. The summed E-state index contributed by atoms with van der Waals surface area (Å²) >= 11 is 1.86. The fraction of sp³-hybridized carbons (Fsp3) is 0.700. The van der Waals surface area contributed by atoms with Crippen LogP contribution in [0.3, 0.4) is 0 Å². The summed E-state index contributed by atoms with van der Waals surface area (Å²) in [5, 5.41) is 0. The van der Waals surface area contributed by atoms with E-state index < -0.39 is 0 Å². The molecule has 0 N–H and O–H groups in total. The topological polar surface area (TPSA) is 55.4 Å². The molecule has 0 radical (unpaired) electrons. The van der Waals surface area contributed by atoms with Crippen LogP contribution < -0.4 is 0 Å². The van der Waals surface area contributed by atoms with Crippen molar-refractivity contribution in [2.24, 2.45) is 0 Å². The van der Waals surface area contributed by atoms with E-state index in [1.807, 2.05) is 17.8 Å². The van der Waals surface area contributed by atoms with Gasteiger partial charge in [0.05, 0.1) is 78.8 Å². The van der Waals surface area contributed by atoms with E-state index in [1.165, 1.54) is 5.56 Å². The van der Waals surface area contributed by atoms with Gasteiger partial charge in [-0.2, -0.15) is 11.8 Å². The minimum Gasteiger partial charge on any atom is -0.377 e. The molecule has 27 heavy (non-hydrogen) atoms. The van der Waals surface area contributed by atoms with Crippen LogP contribution in [-0.4, -0.2) is 84.5 Å². The molecule has 1 fully saturated rings. The van der Waals surface area contributed by atoms with E-state index in [4.69, 9.17) is 28.4 Å². The van der Waals surface area contributed by atoms with E-state index in [1.54, 1.807) is 0 Å². The lowest BCUT2D eigenvalue weighted by molar-refractivity contribution is -0.0537. The van der Waals surface area contributed by atoms with Crippen LogP contribution >= 0.6 is 11.8 Å². The second kappa shape index (κ2) is 16.3. The van der Waals surface area contributed by atoms with Crippen LogP contribution in [0.5, 0.6) is 0 Å². The Balaban J connectivity index is 1.67. The van der Waals surface area contributed by atoms with Gasteiger partial charge >= 0.3 is 0 Å². The molecule has 1 atom stereocenters. The molecular formula is C20H32O6S. The third kappa shape index (κ3) is 12.4. The zero-order valence-corrected chi connectivity index (χ0v) is 16.8. The van der Waals surface area contributed by atoms with Crippen molar-refractivity contribution in [2.75, 3.05) is 78.4 Å². The third-order valence-electron chi connectivity index (χ3n) is 3.79. The van der Waals surface area contributed by atoms with Gasteiger partial charge in [-0.3, -0.25) is 0 Å². The molecule has 2 rings (SSSR count). The van der Waals surface area contributed by atoms with Gasteiger partial charge in [0.1, 0.15) is 0 Å². The predicted molar refractivity (Wildman–Crippen MR) is 106 cm³/mol. The summed E-state index contributed by atoms with van der Waals surface area (Å²) in [5.74, 6) is 1.85. The summed E-state index contributed by atoms with van der Waals surface area (Å²) in [6.07, 6.45) is 0.0424. The first-order valence-electron chi connectivity index (χ1n) is 9.57. The van der Waals surface area contributed by atoms with Crippen molar-refractivity contribution in [3.05, 3.63) is 35.9 Å². The molecule has 1 aromatic carbocycles. The third-order valence-corrected chi connectivity index (χ3v) is 4.93. The van der Waals surface area contributed by atoms with Crippen LogP contribution in [-0.2, 0) is 34.2 Å². The Morgan fingerprint density at radius 3 is 1.78 bits per heavy atom. The van der Waals surface area contributed by atoms with E-state index in [-0.39, 0.29) is 6.10 Å². The smallest absolute Gasteiger partial charge is 0.0899 e. The lowest BCUT2D eigenvalue weighted by atomic mass is 10.2. The second-order valence-corrected chi connectivity index (χ2v) is 7.05. The van der Waals surface area contributed by atoms with Gasteiger partial charge in [-0.25, -0.2) is 0 Å². The number of benzene rings is 1. The number of ether oxygens (including phenoxy) is 6. The van der Waals surface area contributed by atoms with Crippen molar-refractivity contribution in [3.8, 4) is 0 Å². The highest BCUT2D eigenvalue weighted by Gasteiger charge is 2.10. The van der Waals surface area contributed by atoms with Crippen LogP contribution in [0, 0.1) is 0 Å². The van der Waals surface area contributed by atoms with Gasteiger partial charge in [0.15, 0.2) is 0 Å². The summed E-state index contributed by atoms with van der Waals surface area (Å²) in [7, 11) is 0. The van der Waals surface area contributed by atoms with Gasteiger partial charge in [-0.15, -0.1) is 0 Å². The van der Waals surface area contributed by atoms with Crippen molar-refractivity contribution in [1.29, 1.82) is 0 Å². The number of thioether (sulfide) groups is 1. The standard InChI is InChI=1S/C20H32O6S/c1-2-4-19(5-3-1)17-27-18-20-16-25-13-12-23-9-8-21-6-7-22-10-11-24-14-15-26-20/h1-5,20H,6-18H2. The van der Waals surface area contributed by atoms with E-state index in [2.05, 4.69) is 24.3 Å². The van der Waals surface area contributed by atoms with Crippen LogP contribution in [0.1, 0.15) is 5.56 Å². The van der Waals surface area contributed by atoms with E-state index in [9.17, 15) is 0 Å². The largest absolute Gasteiger partial charge is 0.377 e. The predicted octanol–water partition coefficient (Wildman–Crippen LogP) is 2.40. The average molecular weight is 401 g/mol. The van der Waals surface area contributed by atoms with Gasteiger partial charge in [-0.1, -0.05) is 30.3 Å². The number of hydrogen-bond acceptors (Lipinski definition) is 7. The molecular weight excluding hydrogens is 368 g/mol. The van der Waals surface area contributed by atoms with Gasteiger partial charge in [0.2, 0.25) is 0 Å². The Labute approximate surface area is 166 Å². The van der Waals surface area contributed by atoms with Crippen LogP contribution in [0.4, 0.5) is 0 Å². The van der Waals surface area contributed by atoms with E-state index >= 15 is 0 Å². The van der Waals surface area contributed by atoms with Crippen LogP contribution in [0.2, 0.25) is 0 Å². The van der Waals surface area contributed by atoms with Crippen molar-refractivity contribution in [3.63, 3.8) is 0 Å². The fourth-order valence-corrected chi connectivity index (χ4v) is 3.40. The fourth-order valence-electron chi connectivity index (χ4n) is 2.39. The Kier molecular flexibility index (Phi) is 13.7. The average Bonchev–Trinajstić information content (AvgIpc) is 2.70. The summed E-state index contributed by atoms with van der Waals surface area (Å²) in [5.41, 5.74) is 1.32. The molecule has 1 aliphatic rings. The van der Waals surface area contributed by atoms with E-state index in [0.717, 1.165) is 11.5 Å². The van der Waals surface area contributed by atoms with Crippen LogP contribution in [0.25, 0.3) is 0 Å². The first-order valence-corrected chi connectivity index (χ1v) is 10.7. The molecule has 1 unspecified atom stereocenters.